The standard InChI is InChI=1S/C16H10F3N3O4/c17-16(18,19)15(8-11-4-2-1-3-5-11)20-10-12-6-7-13(21(23)24)9-14(12)22(25)26/h1-10H/b15-8-,20-10?. The van der Waals surface area contributed by atoms with Crippen LogP contribution in [0.1, 0.15) is 11.1 Å². The summed E-state index contributed by atoms with van der Waals surface area (Å²) in [6.45, 7) is 0. The number of hydrogen-bond acceptors (Lipinski definition) is 5. The Morgan fingerprint density at radius 2 is 1.65 bits per heavy atom. The van der Waals surface area contributed by atoms with Crippen molar-refractivity contribution in [2.75, 3.05) is 0 Å². The predicted octanol–water partition coefficient (Wildman–Crippen LogP) is 4.53. The molecule has 0 fully saturated rings. The van der Waals surface area contributed by atoms with Crippen molar-refractivity contribution in [2.24, 2.45) is 4.99 Å². The van der Waals surface area contributed by atoms with E-state index < -0.39 is 33.1 Å². The fourth-order valence-corrected chi connectivity index (χ4v) is 1.95. The maximum absolute atomic E-state index is 13.1. The van der Waals surface area contributed by atoms with Crippen molar-refractivity contribution in [3.8, 4) is 0 Å². The van der Waals surface area contributed by atoms with Gasteiger partial charge in [0, 0.05) is 12.3 Å². The third kappa shape index (κ3) is 4.72. The molecule has 0 aliphatic heterocycles. The Kier molecular flexibility index (Phi) is 5.45. The molecule has 0 amide bonds. The molecule has 26 heavy (non-hydrogen) atoms. The first-order valence-corrected chi connectivity index (χ1v) is 6.99. The summed E-state index contributed by atoms with van der Waals surface area (Å²) in [4.78, 5) is 23.2. The highest BCUT2D eigenvalue weighted by atomic mass is 19.4. The molecule has 2 aromatic carbocycles. The Balaban J connectivity index is 2.46. The van der Waals surface area contributed by atoms with Crippen LogP contribution in [0.15, 0.2) is 59.2 Å². The van der Waals surface area contributed by atoms with E-state index in [2.05, 4.69) is 4.99 Å². The monoisotopic (exact) mass is 365 g/mol. The second-order valence-corrected chi connectivity index (χ2v) is 4.95. The number of nitro benzene ring substituents is 2. The molecular formula is C16H10F3N3O4. The van der Waals surface area contributed by atoms with Crippen LogP contribution in [-0.2, 0) is 0 Å². The van der Waals surface area contributed by atoms with Crippen LogP contribution in [0.3, 0.4) is 0 Å². The number of allylic oxidation sites excluding steroid dienone is 1. The summed E-state index contributed by atoms with van der Waals surface area (Å²) >= 11 is 0. The van der Waals surface area contributed by atoms with Crippen LogP contribution in [0, 0.1) is 20.2 Å². The molecule has 0 bridgehead atoms. The Labute approximate surface area is 144 Å². The van der Waals surface area contributed by atoms with E-state index in [1.54, 1.807) is 18.2 Å². The second kappa shape index (κ2) is 7.55. The Morgan fingerprint density at radius 1 is 1.00 bits per heavy atom. The van der Waals surface area contributed by atoms with Gasteiger partial charge in [0.15, 0.2) is 0 Å². The van der Waals surface area contributed by atoms with Crippen molar-refractivity contribution < 1.29 is 23.0 Å². The zero-order valence-electron chi connectivity index (χ0n) is 12.9. The van der Waals surface area contributed by atoms with Gasteiger partial charge >= 0.3 is 6.18 Å². The van der Waals surface area contributed by atoms with E-state index in [1.807, 2.05) is 0 Å². The number of benzene rings is 2. The predicted molar refractivity (Wildman–Crippen MR) is 87.8 cm³/mol. The van der Waals surface area contributed by atoms with Gasteiger partial charge in [-0.25, -0.2) is 0 Å². The molecule has 0 atom stereocenters. The van der Waals surface area contributed by atoms with Crippen LogP contribution in [0.2, 0.25) is 0 Å². The van der Waals surface area contributed by atoms with Gasteiger partial charge in [-0.15, -0.1) is 0 Å². The average molecular weight is 365 g/mol. The van der Waals surface area contributed by atoms with Gasteiger partial charge < -0.3 is 0 Å². The van der Waals surface area contributed by atoms with Crippen molar-refractivity contribution >= 4 is 23.7 Å². The van der Waals surface area contributed by atoms with Gasteiger partial charge in [0.05, 0.1) is 21.5 Å². The summed E-state index contributed by atoms with van der Waals surface area (Å²) in [6, 6.07) is 10.2. The highest BCUT2D eigenvalue weighted by Gasteiger charge is 2.33. The third-order valence-electron chi connectivity index (χ3n) is 3.16. The number of hydrogen-bond donors (Lipinski definition) is 0. The van der Waals surface area contributed by atoms with Gasteiger partial charge in [0.2, 0.25) is 0 Å². The number of nitro groups is 2. The van der Waals surface area contributed by atoms with Crippen molar-refractivity contribution in [3.63, 3.8) is 0 Å². The summed E-state index contributed by atoms with van der Waals surface area (Å²) in [7, 11) is 0. The molecule has 0 heterocycles. The maximum atomic E-state index is 13.1. The van der Waals surface area contributed by atoms with Crippen molar-refractivity contribution in [2.45, 2.75) is 6.18 Å². The van der Waals surface area contributed by atoms with Gasteiger partial charge in [-0.05, 0) is 17.7 Å². The smallest absolute Gasteiger partial charge is 0.258 e. The van der Waals surface area contributed by atoms with E-state index >= 15 is 0 Å². The first kappa shape index (κ1) is 18.8. The summed E-state index contributed by atoms with van der Waals surface area (Å²) in [5.41, 5.74) is -2.58. The zero-order chi connectivity index (χ0) is 19.3. The van der Waals surface area contributed by atoms with E-state index in [1.165, 1.54) is 12.1 Å². The molecule has 2 rings (SSSR count). The van der Waals surface area contributed by atoms with Gasteiger partial charge in [0.1, 0.15) is 5.70 Å². The molecule has 0 saturated carbocycles. The molecule has 0 aliphatic carbocycles. The van der Waals surface area contributed by atoms with E-state index in [0.717, 1.165) is 18.2 Å². The number of nitrogens with zero attached hydrogens (tertiary/aromatic N) is 3. The summed E-state index contributed by atoms with van der Waals surface area (Å²) in [5, 5.41) is 21.7. The first-order valence-electron chi connectivity index (χ1n) is 6.99. The largest absolute Gasteiger partial charge is 0.433 e. The molecule has 7 nitrogen and oxygen atoms in total. The highest BCUT2D eigenvalue weighted by molar-refractivity contribution is 5.87. The van der Waals surface area contributed by atoms with Crippen LogP contribution in [-0.4, -0.2) is 22.2 Å². The third-order valence-corrected chi connectivity index (χ3v) is 3.16. The molecule has 0 unspecified atom stereocenters. The Bertz CT molecular complexity index is 893. The maximum Gasteiger partial charge on any atom is 0.433 e. The molecule has 0 aliphatic rings. The molecule has 0 radical (unpaired) electrons. The highest BCUT2D eigenvalue weighted by Crippen LogP contribution is 2.29. The van der Waals surface area contributed by atoms with Crippen molar-refractivity contribution in [1.82, 2.24) is 0 Å². The second-order valence-electron chi connectivity index (χ2n) is 4.95. The van der Waals surface area contributed by atoms with Gasteiger partial charge in [-0.2, -0.15) is 13.2 Å². The minimum absolute atomic E-state index is 0.246. The van der Waals surface area contributed by atoms with Gasteiger partial charge in [-0.3, -0.25) is 25.2 Å². The van der Waals surface area contributed by atoms with Crippen molar-refractivity contribution in [3.05, 3.63) is 85.6 Å². The minimum Gasteiger partial charge on any atom is -0.258 e. The zero-order valence-corrected chi connectivity index (χ0v) is 12.9. The lowest BCUT2D eigenvalue weighted by Crippen LogP contribution is -2.10. The molecule has 2 aromatic rings. The number of aliphatic imine (C=N–C) groups is 1. The molecule has 0 saturated heterocycles. The van der Waals surface area contributed by atoms with E-state index in [-0.39, 0.29) is 11.1 Å². The SMILES string of the molecule is O=[N+]([O-])c1ccc(C=N/C(=C\c2ccccc2)C(F)(F)F)c([N+](=O)[O-])c1. The quantitative estimate of drug-likeness (QED) is 0.442. The average Bonchev–Trinajstić information content (AvgIpc) is 2.58. The van der Waals surface area contributed by atoms with E-state index in [9.17, 15) is 33.4 Å². The number of rotatable bonds is 5. The molecular weight excluding hydrogens is 355 g/mol. The molecule has 0 N–H and O–H groups in total. The topological polar surface area (TPSA) is 98.6 Å². The molecule has 0 aromatic heterocycles. The molecule has 0 spiro atoms. The van der Waals surface area contributed by atoms with Crippen LogP contribution >= 0.6 is 0 Å². The van der Waals surface area contributed by atoms with Crippen LogP contribution < -0.4 is 0 Å². The fraction of sp³-hybridized carbons (Fsp3) is 0.0625. The number of non-ortho nitro benzene ring substituents is 1. The van der Waals surface area contributed by atoms with Crippen LogP contribution in [0.5, 0.6) is 0 Å². The molecule has 10 heteroatoms. The Morgan fingerprint density at radius 3 is 2.19 bits per heavy atom. The lowest BCUT2D eigenvalue weighted by Gasteiger charge is -2.07. The number of halogens is 3. The normalized spacial score (nSPS) is 12.3. The summed E-state index contributed by atoms with van der Waals surface area (Å²) in [6.07, 6.45) is -3.35. The Hall–Kier alpha value is -3.56. The first-order chi connectivity index (χ1) is 12.2. The van der Waals surface area contributed by atoms with Crippen LogP contribution in [0.4, 0.5) is 24.5 Å². The summed E-state index contributed by atoms with van der Waals surface area (Å²) < 4.78 is 39.4. The van der Waals surface area contributed by atoms with E-state index in [0.29, 0.717) is 12.3 Å². The lowest BCUT2D eigenvalue weighted by atomic mass is 10.1. The van der Waals surface area contributed by atoms with Crippen molar-refractivity contribution in [1.29, 1.82) is 0 Å². The molecule has 134 valence electrons. The van der Waals surface area contributed by atoms with Crippen LogP contribution in [0.25, 0.3) is 6.08 Å². The van der Waals surface area contributed by atoms with E-state index in [4.69, 9.17) is 0 Å². The fourth-order valence-electron chi connectivity index (χ4n) is 1.95. The lowest BCUT2D eigenvalue weighted by molar-refractivity contribution is -0.394. The summed E-state index contributed by atoms with van der Waals surface area (Å²) in [5.74, 6) is 0. The minimum atomic E-state index is -4.79. The number of alkyl halides is 3. The van der Waals surface area contributed by atoms with Gasteiger partial charge in [-0.1, -0.05) is 30.3 Å². The van der Waals surface area contributed by atoms with Gasteiger partial charge in [0.25, 0.3) is 11.4 Å².